The van der Waals surface area contributed by atoms with Crippen LogP contribution in [0.1, 0.15) is 18.4 Å². The number of fused-ring (bicyclic) bond motifs is 2. The molecule has 2 aliphatic heterocycles. The van der Waals surface area contributed by atoms with Gasteiger partial charge in [0.1, 0.15) is 4.90 Å². The lowest BCUT2D eigenvalue weighted by atomic mass is 9.86. The fourth-order valence-corrected chi connectivity index (χ4v) is 4.73. The molecule has 0 N–H and O–H groups in total. The van der Waals surface area contributed by atoms with Crippen molar-refractivity contribution in [1.29, 1.82) is 0 Å². The van der Waals surface area contributed by atoms with E-state index in [1.165, 1.54) is 0 Å². The molecule has 2 atom stereocenters. The van der Waals surface area contributed by atoms with E-state index in [2.05, 4.69) is 21.4 Å². The Balaban J connectivity index is 1.71. The summed E-state index contributed by atoms with van der Waals surface area (Å²) in [6, 6.07) is 7.13. The Morgan fingerprint density at radius 2 is 1.70 bits per heavy atom. The summed E-state index contributed by atoms with van der Waals surface area (Å²) >= 11 is 0. The normalized spacial score (nSPS) is 30.0. The number of hydrogen-bond donors (Lipinski definition) is 0. The number of sulfonamides is 1. The van der Waals surface area contributed by atoms with Gasteiger partial charge in [0, 0.05) is 18.7 Å². The highest BCUT2D eigenvalue weighted by molar-refractivity contribution is 7.90. The Hall–Kier alpha value is -1.62. The zero-order valence-electron chi connectivity index (χ0n) is 11.1. The molecule has 0 radical (unpaired) electrons. The van der Waals surface area contributed by atoms with E-state index in [0.717, 1.165) is 31.5 Å². The van der Waals surface area contributed by atoms with Crippen molar-refractivity contribution < 1.29 is 8.42 Å². The topological polar surface area (TPSA) is 49.7 Å². The number of allylic oxidation sites excluding steroid dienone is 2. The van der Waals surface area contributed by atoms with Crippen LogP contribution in [-0.2, 0) is 10.0 Å². The lowest BCUT2D eigenvalue weighted by Gasteiger charge is -2.17. The van der Waals surface area contributed by atoms with E-state index in [4.69, 9.17) is 0 Å². The van der Waals surface area contributed by atoms with Gasteiger partial charge in [-0.2, -0.15) is 8.42 Å². The van der Waals surface area contributed by atoms with Crippen molar-refractivity contribution in [2.75, 3.05) is 13.1 Å². The minimum Gasteiger partial charge on any atom is -0.355 e. The minimum absolute atomic E-state index is 0.350. The zero-order chi connectivity index (χ0) is 13.7. The van der Waals surface area contributed by atoms with E-state index in [9.17, 15) is 8.42 Å². The van der Waals surface area contributed by atoms with Gasteiger partial charge in [-0.05, 0) is 36.8 Å². The minimum atomic E-state index is -3.49. The van der Waals surface area contributed by atoms with Crippen LogP contribution < -0.4 is 0 Å². The van der Waals surface area contributed by atoms with E-state index in [0.29, 0.717) is 22.6 Å². The molecule has 0 amide bonds. The summed E-state index contributed by atoms with van der Waals surface area (Å²) in [6.07, 6.45) is 6.68. The molecule has 0 aromatic heterocycles. The fraction of sp³-hybridized carbons (Fsp3) is 0.400. The van der Waals surface area contributed by atoms with Crippen LogP contribution in [0.15, 0.2) is 45.7 Å². The van der Waals surface area contributed by atoms with Crippen molar-refractivity contribution in [3.8, 4) is 0 Å². The van der Waals surface area contributed by atoms with Crippen LogP contribution in [0.4, 0.5) is 0 Å². The van der Waals surface area contributed by atoms with E-state index in [1.54, 1.807) is 12.1 Å². The maximum Gasteiger partial charge on any atom is 0.285 e. The molecule has 3 aliphatic rings. The van der Waals surface area contributed by atoms with Crippen molar-refractivity contribution in [2.45, 2.75) is 17.7 Å². The first kappa shape index (κ1) is 12.1. The molecule has 1 fully saturated rings. The highest BCUT2D eigenvalue weighted by Crippen LogP contribution is 2.36. The second kappa shape index (κ2) is 4.19. The summed E-state index contributed by atoms with van der Waals surface area (Å²) in [5.74, 6) is 1.92. The number of likely N-dealkylation sites (tertiary alicyclic amines) is 1. The molecule has 104 valence electrons. The Kier molecular flexibility index (Phi) is 2.54. The van der Waals surface area contributed by atoms with Crippen LogP contribution in [0.25, 0.3) is 0 Å². The molecule has 1 saturated heterocycles. The number of benzene rings is 1. The standard InChI is InChI=1S/C15H16N2O2S/c18-20(19)14-8-4-3-7-13(14)15(16-20)17-9-11-5-1-2-6-12(11)10-17/h1-4,7-8,11-12H,5-6,9-10H2. The monoisotopic (exact) mass is 288 g/mol. The largest absolute Gasteiger partial charge is 0.355 e. The third-order valence-electron chi connectivity index (χ3n) is 4.53. The number of rotatable bonds is 0. The van der Waals surface area contributed by atoms with Gasteiger partial charge in [-0.25, -0.2) is 0 Å². The summed E-state index contributed by atoms with van der Waals surface area (Å²) in [5.41, 5.74) is 0.763. The molecule has 0 saturated carbocycles. The molecule has 1 aliphatic carbocycles. The SMILES string of the molecule is O=S1(=O)N=C(N2CC3CC=CCC3C2)c2ccccc21. The summed E-state index contributed by atoms with van der Waals surface area (Å²) < 4.78 is 28.2. The highest BCUT2D eigenvalue weighted by Gasteiger charge is 2.38. The first-order valence-electron chi connectivity index (χ1n) is 6.99. The second-order valence-corrected chi connectivity index (χ2v) is 7.33. The average molecular weight is 288 g/mol. The molecule has 2 unspecified atom stereocenters. The summed E-state index contributed by atoms with van der Waals surface area (Å²) in [7, 11) is -3.49. The first-order chi connectivity index (χ1) is 9.65. The molecule has 2 heterocycles. The molecule has 0 spiro atoms. The second-order valence-electron chi connectivity index (χ2n) is 5.75. The Labute approximate surface area is 118 Å². The van der Waals surface area contributed by atoms with Crippen LogP contribution in [0.3, 0.4) is 0 Å². The van der Waals surface area contributed by atoms with Gasteiger partial charge in [0.2, 0.25) is 0 Å². The summed E-state index contributed by atoms with van der Waals surface area (Å²) in [6.45, 7) is 1.83. The van der Waals surface area contributed by atoms with E-state index in [-0.39, 0.29) is 0 Å². The van der Waals surface area contributed by atoms with Gasteiger partial charge in [-0.3, -0.25) is 0 Å². The Bertz CT molecular complexity index is 705. The van der Waals surface area contributed by atoms with Gasteiger partial charge in [0.25, 0.3) is 10.0 Å². The van der Waals surface area contributed by atoms with Gasteiger partial charge < -0.3 is 4.90 Å². The Morgan fingerprint density at radius 1 is 1.05 bits per heavy atom. The van der Waals surface area contributed by atoms with Gasteiger partial charge >= 0.3 is 0 Å². The van der Waals surface area contributed by atoms with Crippen molar-refractivity contribution in [2.24, 2.45) is 16.2 Å². The average Bonchev–Trinajstić information content (AvgIpc) is 2.98. The lowest BCUT2D eigenvalue weighted by Crippen LogP contribution is -2.28. The van der Waals surface area contributed by atoms with Gasteiger partial charge in [-0.1, -0.05) is 24.3 Å². The molecule has 20 heavy (non-hydrogen) atoms. The van der Waals surface area contributed by atoms with Crippen LogP contribution in [0.2, 0.25) is 0 Å². The maximum absolute atomic E-state index is 12.1. The smallest absolute Gasteiger partial charge is 0.285 e. The molecule has 5 heteroatoms. The summed E-state index contributed by atoms with van der Waals surface area (Å²) in [5, 5.41) is 0. The zero-order valence-corrected chi connectivity index (χ0v) is 11.9. The molecular formula is C15H16N2O2S. The first-order valence-corrected chi connectivity index (χ1v) is 8.43. The molecule has 4 nitrogen and oxygen atoms in total. The maximum atomic E-state index is 12.1. The summed E-state index contributed by atoms with van der Waals surface area (Å²) in [4.78, 5) is 2.51. The number of amidine groups is 1. The van der Waals surface area contributed by atoms with E-state index >= 15 is 0 Å². The number of hydrogen-bond acceptors (Lipinski definition) is 3. The molecule has 1 aromatic rings. The molecule has 4 rings (SSSR count). The number of nitrogens with zero attached hydrogens (tertiary/aromatic N) is 2. The van der Waals surface area contributed by atoms with E-state index in [1.807, 2.05) is 12.1 Å². The quantitative estimate of drug-likeness (QED) is 0.686. The van der Waals surface area contributed by atoms with Gasteiger partial charge in [0.05, 0.1) is 0 Å². The van der Waals surface area contributed by atoms with Crippen molar-refractivity contribution in [1.82, 2.24) is 4.90 Å². The molecule has 1 aromatic carbocycles. The van der Waals surface area contributed by atoms with Crippen LogP contribution in [0, 0.1) is 11.8 Å². The van der Waals surface area contributed by atoms with Crippen LogP contribution in [-0.4, -0.2) is 32.2 Å². The lowest BCUT2D eigenvalue weighted by molar-refractivity contribution is 0.411. The third-order valence-corrected chi connectivity index (χ3v) is 5.86. The van der Waals surface area contributed by atoms with E-state index < -0.39 is 10.0 Å². The fourth-order valence-electron chi connectivity index (χ4n) is 3.50. The predicted molar refractivity (Wildman–Crippen MR) is 77.1 cm³/mol. The van der Waals surface area contributed by atoms with Crippen molar-refractivity contribution >= 4 is 15.9 Å². The third kappa shape index (κ3) is 1.73. The highest BCUT2D eigenvalue weighted by atomic mass is 32.2. The van der Waals surface area contributed by atoms with Crippen molar-refractivity contribution in [3.05, 3.63) is 42.0 Å². The van der Waals surface area contributed by atoms with Crippen LogP contribution >= 0.6 is 0 Å². The molecule has 0 bridgehead atoms. The van der Waals surface area contributed by atoms with Crippen molar-refractivity contribution in [3.63, 3.8) is 0 Å². The molecular weight excluding hydrogens is 272 g/mol. The van der Waals surface area contributed by atoms with Gasteiger partial charge in [0.15, 0.2) is 5.84 Å². The van der Waals surface area contributed by atoms with Gasteiger partial charge in [-0.15, -0.1) is 4.40 Å². The predicted octanol–water partition coefficient (Wildman–Crippen LogP) is 2.03. The van der Waals surface area contributed by atoms with Crippen LogP contribution in [0.5, 0.6) is 0 Å². The Morgan fingerprint density at radius 3 is 2.40 bits per heavy atom.